The van der Waals surface area contributed by atoms with Crippen LogP contribution in [0.3, 0.4) is 0 Å². The Balaban J connectivity index is 1.53. The minimum atomic E-state index is -0.414. The number of carbonyl (C=O) groups is 1. The van der Waals surface area contributed by atoms with Gasteiger partial charge < -0.3 is 9.47 Å². The SMILES string of the molecule is O=C(NOCc1ccccc1)c1cnc(OC2CCOCC2)c(Cl)c1. The molecule has 6 nitrogen and oxygen atoms in total. The molecule has 7 heteroatoms. The van der Waals surface area contributed by atoms with E-state index in [9.17, 15) is 4.79 Å². The van der Waals surface area contributed by atoms with Crippen molar-refractivity contribution in [2.45, 2.75) is 25.6 Å². The third-order valence-electron chi connectivity index (χ3n) is 3.76. The molecule has 1 N–H and O–H groups in total. The lowest BCUT2D eigenvalue weighted by Gasteiger charge is -2.23. The zero-order valence-corrected chi connectivity index (χ0v) is 14.4. The van der Waals surface area contributed by atoms with Crippen molar-refractivity contribution in [1.29, 1.82) is 0 Å². The van der Waals surface area contributed by atoms with Crippen LogP contribution < -0.4 is 10.2 Å². The largest absolute Gasteiger partial charge is 0.473 e. The molecule has 1 aromatic carbocycles. The fourth-order valence-corrected chi connectivity index (χ4v) is 2.62. The van der Waals surface area contributed by atoms with Crippen LogP contribution >= 0.6 is 11.6 Å². The number of nitrogens with one attached hydrogen (secondary N) is 1. The fraction of sp³-hybridized carbons (Fsp3) is 0.333. The zero-order chi connectivity index (χ0) is 17.5. The van der Waals surface area contributed by atoms with Crippen molar-refractivity contribution in [3.63, 3.8) is 0 Å². The Labute approximate surface area is 151 Å². The van der Waals surface area contributed by atoms with E-state index in [0.717, 1.165) is 18.4 Å². The molecule has 0 saturated carbocycles. The molecular weight excluding hydrogens is 344 g/mol. The fourth-order valence-electron chi connectivity index (χ4n) is 2.41. The van der Waals surface area contributed by atoms with Gasteiger partial charge in [-0.05, 0) is 11.6 Å². The first-order chi connectivity index (χ1) is 12.2. The number of benzene rings is 1. The predicted molar refractivity (Wildman–Crippen MR) is 92.4 cm³/mol. The van der Waals surface area contributed by atoms with Gasteiger partial charge in [0.05, 0.1) is 25.4 Å². The number of pyridine rings is 1. The highest BCUT2D eigenvalue weighted by molar-refractivity contribution is 6.32. The summed E-state index contributed by atoms with van der Waals surface area (Å²) in [4.78, 5) is 21.5. The maximum atomic E-state index is 12.1. The van der Waals surface area contributed by atoms with Gasteiger partial charge >= 0.3 is 0 Å². The van der Waals surface area contributed by atoms with Crippen molar-refractivity contribution in [2.24, 2.45) is 0 Å². The molecule has 132 valence electrons. The third-order valence-corrected chi connectivity index (χ3v) is 4.03. The Morgan fingerprint density at radius 1 is 1.28 bits per heavy atom. The monoisotopic (exact) mass is 362 g/mol. The van der Waals surface area contributed by atoms with Crippen LogP contribution in [0, 0.1) is 0 Å². The lowest BCUT2D eigenvalue weighted by Crippen LogP contribution is -2.26. The average Bonchev–Trinajstić information content (AvgIpc) is 2.65. The van der Waals surface area contributed by atoms with Crippen molar-refractivity contribution in [3.05, 3.63) is 58.7 Å². The van der Waals surface area contributed by atoms with E-state index in [1.54, 1.807) is 0 Å². The van der Waals surface area contributed by atoms with Crippen LogP contribution in [0.5, 0.6) is 5.88 Å². The number of hydrogen-bond donors (Lipinski definition) is 1. The molecule has 2 heterocycles. The number of hydroxylamine groups is 1. The maximum absolute atomic E-state index is 12.1. The first-order valence-corrected chi connectivity index (χ1v) is 8.46. The van der Waals surface area contributed by atoms with Crippen LogP contribution in [0.2, 0.25) is 5.02 Å². The Hall–Kier alpha value is -2.15. The topological polar surface area (TPSA) is 69.7 Å². The van der Waals surface area contributed by atoms with E-state index >= 15 is 0 Å². The molecule has 1 fully saturated rings. The molecule has 0 atom stereocenters. The van der Waals surface area contributed by atoms with Gasteiger partial charge in [-0.15, -0.1) is 0 Å². The van der Waals surface area contributed by atoms with Gasteiger partial charge in [-0.3, -0.25) is 9.63 Å². The molecule has 2 aromatic rings. The Kier molecular flexibility index (Phi) is 6.22. The standard InChI is InChI=1S/C18H19ClN2O4/c19-16-10-14(11-20-18(16)25-15-6-8-23-9-7-15)17(22)21-24-12-13-4-2-1-3-5-13/h1-5,10-11,15H,6-9,12H2,(H,21,22). The van der Waals surface area contributed by atoms with E-state index in [-0.39, 0.29) is 12.7 Å². The smallest absolute Gasteiger partial charge is 0.276 e. The number of amides is 1. The number of hydrogen-bond acceptors (Lipinski definition) is 5. The summed E-state index contributed by atoms with van der Waals surface area (Å²) < 4.78 is 11.1. The van der Waals surface area contributed by atoms with Gasteiger partial charge in [0, 0.05) is 19.0 Å². The lowest BCUT2D eigenvalue weighted by molar-refractivity contribution is 0.0228. The number of carbonyl (C=O) groups excluding carboxylic acids is 1. The first kappa shape index (κ1) is 17.7. The summed E-state index contributed by atoms with van der Waals surface area (Å²) in [5, 5.41) is 0.294. The Morgan fingerprint density at radius 2 is 2.04 bits per heavy atom. The van der Waals surface area contributed by atoms with Gasteiger partial charge in [0.15, 0.2) is 0 Å². The summed E-state index contributed by atoms with van der Waals surface area (Å²) in [6.07, 6.45) is 3.05. The van der Waals surface area contributed by atoms with Crippen LogP contribution in [0.15, 0.2) is 42.6 Å². The molecular formula is C18H19ClN2O4. The van der Waals surface area contributed by atoms with Crippen molar-refractivity contribution in [2.75, 3.05) is 13.2 Å². The van der Waals surface area contributed by atoms with Crippen molar-refractivity contribution in [3.8, 4) is 5.88 Å². The van der Waals surface area contributed by atoms with E-state index in [0.29, 0.717) is 29.7 Å². The molecule has 1 saturated heterocycles. The third kappa shape index (κ3) is 5.16. The number of halogens is 1. The van der Waals surface area contributed by atoms with Crippen LogP contribution in [-0.2, 0) is 16.2 Å². The molecule has 1 amide bonds. The van der Waals surface area contributed by atoms with Crippen molar-refractivity contribution < 1.29 is 19.1 Å². The van der Waals surface area contributed by atoms with E-state index in [1.165, 1.54) is 12.3 Å². The van der Waals surface area contributed by atoms with Crippen LogP contribution in [-0.4, -0.2) is 30.2 Å². The second-order valence-electron chi connectivity index (χ2n) is 5.65. The van der Waals surface area contributed by atoms with Gasteiger partial charge in [-0.25, -0.2) is 10.5 Å². The molecule has 0 bridgehead atoms. The minimum Gasteiger partial charge on any atom is -0.473 e. The summed E-state index contributed by atoms with van der Waals surface area (Å²) in [6, 6.07) is 11.1. The van der Waals surface area contributed by atoms with Gasteiger partial charge in [0.1, 0.15) is 11.1 Å². The minimum absolute atomic E-state index is 0.0348. The summed E-state index contributed by atoms with van der Waals surface area (Å²) in [7, 11) is 0. The molecule has 25 heavy (non-hydrogen) atoms. The summed E-state index contributed by atoms with van der Waals surface area (Å²) in [6.45, 7) is 1.61. The van der Waals surface area contributed by atoms with Crippen LogP contribution in [0.4, 0.5) is 0 Å². The van der Waals surface area contributed by atoms with Crippen LogP contribution in [0.1, 0.15) is 28.8 Å². The maximum Gasteiger partial charge on any atom is 0.276 e. The molecule has 1 aliphatic rings. The second kappa shape index (κ2) is 8.80. The molecule has 3 rings (SSSR count). The van der Waals surface area contributed by atoms with Crippen LogP contribution in [0.25, 0.3) is 0 Å². The highest BCUT2D eigenvalue weighted by Gasteiger charge is 2.18. The summed E-state index contributed by atoms with van der Waals surface area (Å²) in [5.74, 6) is -0.0849. The van der Waals surface area contributed by atoms with Gasteiger partial charge in [0.25, 0.3) is 5.91 Å². The molecule has 0 radical (unpaired) electrons. The number of ether oxygens (including phenoxy) is 2. The van der Waals surface area contributed by atoms with Gasteiger partial charge in [-0.2, -0.15) is 0 Å². The normalized spacial score (nSPS) is 14.9. The van der Waals surface area contributed by atoms with E-state index in [2.05, 4.69) is 10.5 Å². The van der Waals surface area contributed by atoms with E-state index in [1.807, 2.05) is 30.3 Å². The summed E-state index contributed by atoms with van der Waals surface area (Å²) in [5.41, 5.74) is 3.64. The average molecular weight is 363 g/mol. The van der Waals surface area contributed by atoms with E-state index in [4.69, 9.17) is 25.9 Å². The number of aromatic nitrogens is 1. The lowest BCUT2D eigenvalue weighted by atomic mass is 10.1. The quantitative estimate of drug-likeness (QED) is 0.799. The van der Waals surface area contributed by atoms with Gasteiger partial charge in [0.2, 0.25) is 5.88 Å². The number of rotatable bonds is 6. The number of nitrogens with zero attached hydrogens (tertiary/aromatic N) is 1. The van der Waals surface area contributed by atoms with Gasteiger partial charge in [-0.1, -0.05) is 41.9 Å². The first-order valence-electron chi connectivity index (χ1n) is 8.08. The van der Waals surface area contributed by atoms with Crippen molar-refractivity contribution in [1.82, 2.24) is 10.5 Å². The molecule has 1 aliphatic heterocycles. The zero-order valence-electron chi connectivity index (χ0n) is 13.6. The highest BCUT2D eigenvalue weighted by atomic mass is 35.5. The molecule has 0 aliphatic carbocycles. The van der Waals surface area contributed by atoms with Crippen molar-refractivity contribution >= 4 is 17.5 Å². The molecule has 1 aromatic heterocycles. The predicted octanol–water partition coefficient (Wildman–Crippen LogP) is 3.15. The highest BCUT2D eigenvalue weighted by Crippen LogP contribution is 2.25. The Bertz CT molecular complexity index is 705. The Morgan fingerprint density at radius 3 is 2.76 bits per heavy atom. The summed E-state index contributed by atoms with van der Waals surface area (Å²) >= 11 is 6.18. The second-order valence-corrected chi connectivity index (χ2v) is 6.05. The molecule has 0 spiro atoms. The van der Waals surface area contributed by atoms with E-state index < -0.39 is 5.91 Å². The molecule has 0 unspecified atom stereocenters.